The Bertz CT molecular complexity index is 2030. The van der Waals surface area contributed by atoms with Crippen LogP contribution in [0.25, 0.3) is 5.69 Å². The van der Waals surface area contributed by atoms with E-state index in [4.69, 9.17) is 29.3 Å². The molecule has 1 aromatic heterocycles. The van der Waals surface area contributed by atoms with Gasteiger partial charge in [0, 0.05) is 11.3 Å². The first kappa shape index (κ1) is 29.9. The molecule has 12 heteroatoms. The van der Waals surface area contributed by atoms with Gasteiger partial charge in [-0.25, -0.2) is 14.7 Å². The van der Waals surface area contributed by atoms with E-state index in [0.717, 1.165) is 40.3 Å². The minimum Gasteiger partial charge on any atom is -0.493 e. The number of methoxy groups -OCH3 is 3. The lowest BCUT2D eigenvalue weighted by atomic mass is 9.92. The highest BCUT2D eigenvalue weighted by molar-refractivity contribution is 6.51. The van der Waals surface area contributed by atoms with E-state index in [1.165, 1.54) is 6.07 Å². The zero-order valence-electron chi connectivity index (χ0n) is 25.8. The van der Waals surface area contributed by atoms with Crippen molar-refractivity contribution >= 4 is 34.6 Å². The molecule has 3 heterocycles. The molecule has 0 aliphatic carbocycles. The zero-order chi connectivity index (χ0) is 32.9. The molecule has 0 saturated heterocycles. The highest BCUT2D eigenvalue weighted by Crippen LogP contribution is 2.50. The first-order chi connectivity index (χ1) is 22.7. The lowest BCUT2D eigenvalue weighted by Gasteiger charge is -2.40. The fourth-order valence-electron chi connectivity index (χ4n) is 6.03. The summed E-state index contributed by atoms with van der Waals surface area (Å²) in [6.45, 7) is 1.93. The van der Waals surface area contributed by atoms with Gasteiger partial charge in [0.15, 0.2) is 29.0 Å². The monoisotopic (exact) mass is 638 g/mol. The minimum atomic E-state index is -4.51. The van der Waals surface area contributed by atoms with Crippen molar-refractivity contribution in [2.75, 3.05) is 31.5 Å². The zero-order valence-corrected chi connectivity index (χ0v) is 25.8. The maximum Gasteiger partial charge on any atom is 0.416 e. The summed E-state index contributed by atoms with van der Waals surface area (Å²) in [5.74, 6) is 2.57. The minimum absolute atomic E-state index is 0.212. The summed E-state index contributed by atoms with van der Waals surface area (Å²) in [5, 5.41) is 8.07. The summed E-state index contributed by atoms with van der Waals surface area (Å²) in [6.07, 6.45) is -4.51. The van der Waals surface area contributed by atoms with Gasteiger partial charge in [-0.1, -0.05) is 36.4 Å². The number of para-hydroxylation sites is 3. The lowest BCUT2D eigenvalue weighted by molar-refractivity contribution is -0.137. The number of hydrogen-bond acceptors (Lipinski definition) is 8. The molecule has 0 unspecified atom stereocenters. The molecule has 0 amide bonds. The molecular weight excluding hydrogens is 609 g/mol. The van der Waals surface area contributed by atoms with E-state index in [-0.39, 0.29) is 11.5 Å². The first-order valence-electron chi connectivity index (χ1n) is 14.7. The molecule has 5 aromatic rings. The molecule has 7 rings (SSSR count). The third kappa shape index (κ3) is 5.11. The van der Waals surface area contributed by atoms with Crippen LogP contribution in [0.3, 0.4) is 0 Å². The number of aliphatic imine (C=N–C) groups is 2. The fourth-order valence-corrected chi connectivity index (χ4v) is 6.03. The quantitative estimate of drug-likeness (QED) is 0.203. The van der Waals surface area contributed by atoms with E-state index in [1.54, 1.807) is 32.1 Å². The molecule has 2 aliphatic heterocycles. The van der Waals surface area contributed by atoms with Crippen LogP contribution in [0, 0.1) is 6.92 Å². The Morgan fingerprint density at radius 1 is 0.787 bits per heavy atom. The molecule has 47 heavy (non-hydrogen) atoms. The summed E-state index contributed by atoms with van der Waals surface area (Å²) in [7, 11) is 4.65. The normalized spacial score (nSPS) is 15.1. The SMILES string of the molecule is COc1cc([C@@H]2c3c(C)nn(-c4ccccc4)c3N=C3C(Nc4cccc(C(F)(F)F)c4)=Nc4ccccc4N32)cc(OC)c1OC. The van der Waals surface area contributed by atoms with E-state index in [9.17, 15) is 13.2 Å². The summed E-state index contributed by atoms with van der Waals surface area (Å²) in [4.78, 5) is 12.0. The summed E-state index contributed by atoms with van der Waals surface area (Å²) < 4.78 is 59.9. The smallest absolute Gasteiger partial charge is 0.416 e. The highest BCUT2D eigenvalue weighted by Gasteiger charge is 2.42. The van der Waals surface area contributed by atoms with Gasteiger partial charge in [0.2, 0.25) is 5.75 Å². The van der Waals surface area contributed by atoms with Gasteiger partial charge in [-0.05, 0) is 67.1 Å². The molecular formula is C35H29F3N6O3. The van der Waals surface area contributed by atoms with Gasteiger partial charge < -0.3 is 24.4 Å². The number of anilines is 2. The molecule has 2 aliphatic rings. The van der Waals surface area contributed by atoms with E-state index in [0.29, 0.717) is 34.6 Å². The molecule has 1 atom stereocenters. The number of amidine groups is 2. The maximum absolute atomic E-state index is 13.7. The van der Waals surface area contributed by atoms with E-state index < -0.39 is 17.8 Å². The summed E-state index contributed by atoms with van der Waals surface area (Å²) >= 11 is 0. The third-order valence-electron chi connectivity index (χ3n) is 8.09. The van der Waals surface area contributed by atoms with Gasteiger partial charge in [-0.2, -0.15) is 18.3 Å². The van der Waals surface area contributed by atoms with Crippen LogP contribution in [-0.2, 0) is 6.18 Å². The van der Waals surface area contributed by atoms with Crippen molar-refractivity contribution in [1.29, 1.82) is 0 Å². The standard InChI is InChI=1S/C35H29F3N6O3/c1-20-29-30(21-17-27(45-2)31(47-4)28(18-21)46-3)43-26-16-9-8-15-25(26)40-32(39-23-12-10-11-22(19-23)35(36,37)38)34(43)41-33(29)44(42-20)24-13-6-5-7-14-24/h5-19,30H,1-4H3,(H,39,40)/t30-/m1/s1. The van der Waals surface area contributed by atoms with Gasteiger partial charge in [-0.3, -0.25) is 0 Å². The Morgan fingerprint density at radius 2 is 1.49 bits per heavy atom. The number of fused-ring (bicyclic) bond motifs is 4. The molecule has 0 spiro atoms. The third-order valence-corrected chi connectivity index (χ3v) is 8.09. The van der Waals surface area contributed by atoms with Gasteiger partial charge in [0.1, 0.15) is 0 Å². The maximum atomic E-state index is 13.7. The van der Waals surface area contributed by atoms with Crippen LogP contribution in [0.15, 0.2) is 101 Å². The van der Waals surface area contributed by atoms with Crippen LogP contribution in [0.5, 0.6) is 17.2 Å². The van der Waals surface area contributed by atoms with Crippen molar-refractivity contribution in [2.45, 2.75) is 19.1 Å². The Morgan fingerprint density at radius 3 is 2.17 bits per heavy atom. The van der Waals surface area contributed by atoms with Crippen molar-refractivity contribution in [3.8, 4) is 22.9 Å². The second kappa shape index (κ2) is 11.5. The first-order valence-corrected chi connectivity index (χ1v) is 14.7. The van der Waals surface area contributed by atoms with E-state index in [1.807, 2.05) is 78.6 Å². The van der Waals surface area contributed by atoms with Crippen LogP contribution < -0.4 is 24.4 Å². The van der Waals surface area contributed by atoms with E-state index >= 15 is 0 Å². The number of aromatic nitrogens is 2. The number of nitrogens with zero attached hydrogens (tertiary/aromatic N) is 5. The number of hydrogen-bond donors (Lipinski definition) is 1. The average Bonchev–Trinajstić information content (AvgIpc) is 3.42. The van der Waals surface area contributed by atoms with Gasteiger partial charge >= 0.3 is 6.18 Å². The molecule has 0 bridgehead atoms. The number of alkyl halides is 3. The van der Waals surface area contributed by atoms with Crippen molar-refractivity contribution in [3.05, 3.63) is 113 Å². The molecule has 238 valence electrons. The topological polar surface area (TPSA) is 85.5 Å². The Balaban J connectivity index is 1.50. The number of rotatable bonds is 6. The molecule has 0 fully saturated rings. The number of halogens is 3. The molecule has 0 radical (unpaired) electrons. The Kier molecular flexibility index (Phi) is 7.34. The van der Waals surface area contributed by atoms with Crippen LogP contribution in [0.2, 0.25) is 0 Å². The van der Waals surface area contributed by atoms with Crippen LogP contribution in [-0.4, -0.2) is 42.8 Å². The Labute approximate surface area is 268 Å². The molecule has 0 saturated carbocycles. The second-order valence-electron chi connectivity index (χ2n) is 10.9. The summed E-state index contributed by atoms with van der Waals surface area (Å²) in [6, 6.07) is 25.4. The summed E-state index contributed by atoms with van der Waals surface area (Å²) in [5.41, 5.74) is 3.91. The van der Waals surface area contributed by atoms with Crippen molar-refractivity contribution in [1.82, 2.24) is 9.78 Å². The second-order valence-corrected chi connectivity index (χ2v) is 10.9. The van der Waals surface area contributed by atoms with Crippen molar-refractivity contribution in [3.63, 3.8) is 0 Å². The molecule has 4 aromatic carbocycles. The number of benzene rings is 4. The molecule has 9 nitrogen and oxygen atoms in total. The number of aryl methyl sites for hydroxylation is 1. The Hall–Kier alpha value is -5.78. The van der Waals surface area contributed by atoms with Crippen LogP contribution in [0.1, 0.15) is 28.4 Å². The predicted octanol–water partition coefficient (Wildman–Crippen LogP) is 8.02. The average molecular weight is 639 g/mol. The van der Waals surface area contributed by atoms with Crippen LogP contribution in [0.4, 0.5) is 36.1 Å². The predicted molar refractivity (Wildman–Crippen MR) is 174 cm³/mol. The fraction of sp³-hybridized carbons (Fsp3) is 0.171. The van der Waals surface area contributed by atoms with Gasteiger partial charge in [0.05, 0.1) is 55.7 Å². The van der Waals surface area contributed by atoms with E-state index in [2.05, 4.69) is 5.32 Å². The molecule has 1 N–H and O–H groups in total. The highest BCUT2D eigenvalue weighted by atomic mass is 19.4. The number of nitrogens with one attached hydrogen (secondary N) is 1. The lowest BCUT2D eigenvalue weighted by Crippen LogP contribution is -2.46. The van der Waals surface area contributed by atoms with Crippen molar-refractivity contribution in [2.24, 2.45) is 9.98 Å². The van der Waals surface area contributed by atoms with Gasteiger partial charge in [-0.15, -0.1) is 0 Å². The number of ether oxygens (including phenoxy) is 3. The van der Waals surface area contributed by atoms with Gasteiger partial charge in [0.25, 0.3) is 0 Å². The van der Waals surface area contributed by atoms with Crippen molar-refractivity contribution < 1.29 is 27.4 Å². The van der Waals surface area contributed by atoms with Crippen LogP contribution >= 0.6 is 0 Å². The largest absolute Gasteiger partial charge is 0.493 e.